The van der Waals surface area contributed by atoms with E-state index < -0.39 is 29.2 Å². The summed E-state index contributed by atoms with van der Waals surface area (Å²) in [7, 11) is 0. The minimum absolute atomic E-state index is 0.317. The summed E-state index contributed by atoms with van der Waals surface area (Å²) < 4.78 is 52.7. The molecule has 0 aliphatic rings. The van der Waals surface area contributed by atoms with Crippen LogP contribution in [0.5, 0.6) is 0 Å². The van der Waals surface area contributed by atoms with E-state index in [0.717, 1.165) is 11.3 Å². The fraction of sp³-hybridized carbons (Fsp3) is 0.154. The van der Waals surface area contributed by atoms with Crippen molar-refractivity contribution in [2.45, 2.75) is 5.75 Å². The van der Waals surface area contributed by atoms with E-state index >= 15 is 0 Å². The highest BCUT2D eigenvalue weighted by molar-refractivity contribution is 7.97. The molecule has 0 unspecified atom stereocenters. The molecule has 106 valence electrons. The topological polar surface area (TPSA) is 24.9 Å². The van der Waals surface area contributed by atoms with Crippen molar-refractivity contribution in [1.29, 1.82) is 0 Å². The molecule has 0 fully saturated rings. The van der Waals surface area contributed by atoms with Gasteiger partial charge in [0, 0.05) is 11.4 Å². The normalized spacial score (nSPS) is 10.7. The Labute approximate surface area is 117 Å². The molecule has 20 heavy (non-hydrogen) atoms. The summed E-state index contributed by atoms with van der Waals surface area (Å²) in [6.07, 6.45) is 1.94. The zero-order valence-electron chi connectivity index (χ0n) is 10.4. The van der Waals surface area contributed by atoms with E-state index in [1.54, 1.807) is 36.0 Å². The van der Waals surface area contributed by atoms with Crippen LogP contribution in [-0.4, -0.2) is 11.2 Å². The van der Waals surface area contributed by atoms with Gasteiger partial charge in [0.05, 0.1) is 0 Å². The largest absolute Gasteiger partial charge is 0.350 e. The first kappa shape index (κ1) is 14.6. The number of pyridine rings is 1. The molecule has 0 radical (unpaired) electrons. The van der Waals surface area contributed by atoms with Crippen LogP contribution in [0.1, 0.15) is 5.56 Å². The van der Waals surface area contributed by atoms with Crippen molar-refractivity contribution in [3.05, 3.63) is 53.4 Å². The van der Waals surface area contributed by atoms with Crippen LogP contribution in [-0.2, 0) is 5.75 Å². The Morgan fingerprint density at radius 3 is 2.05 bits per heavy atom. The lowest BCUT2D eigenvalue weighted by atomic mass is 10.2. The average Bonchev–Trinajstić information content (AvgIpc) is 2.43. The predicted octanol–water partition coefficient (Wildman–Crippen LogP) is 4.24. The van der Waals surface area contributed by atoms with Crippen molar-refractivity contribution >= 4 is 23.1 Å². The second-order valence-corrected chi connectivity index (χ2v) is 4.82. The van der Waals surface area contributed by atoms with Gasteiger partial charge in [-0.15, -0.1) is 0 Å². The van der Waals surface area contributed by atoms with Crippen molar-refractivity contribution in [3.63, 3.8) is 0 Å². The monoisotopic (exact) mass is 302 g/mol. The summed E-state index contributed by atoms with van der Waals surface area (Å²) in [6, 6.07) is 6.65. The molecule has 0 aliphatic carbocycles. The first-order valence-electron chi connectivity index (χ1n) is 5.57. The number of benzene rings is 1. The molecule has 2 aromatic rings. The predicted molar refractivity (Wildman–Crippen MR) is 71.0 cm³/mol. The van der Waals surface area contributed by atoms with Gasteiger partial charge in [0.25, 0.3) is 11.9 Å². The van der Waals surface area contributed by atoms with Crippen molar-refractivity contribution in [2.75, 3.05) is 11.6 Å². The Hall–Kier alpha value is -1.76. The molecule has 0 bridgehead atoms. The van der Waals surface area contributed by atoms with E-state index in [1.165, 1.54) is 0 Å². The summed E-state index contributed by atoms with van der Waals surface area (Å²) in [6.45, 7) is 0. The molecule has 0 saturated heterocycles. The number of nitrogens with one attached hydrogen (secondary N) is 1. The molecule has 2 rings (SSSR count). The molecule has 0 atom stereocenters. The molecule has 0 saturated carbocycles. The summed E-state index contributed by atoms with van der Waals surface area (Å²) >= 11 is 1.63. The van der Waals surface area contributed by atoms with E-state index in [1.807, 2.05) is 6.26 Å². The molecule has 7 heteroatoms. The van der Waals surface area contributed by atoms with Crippen molar-refractivity contribution in [1.82, 2.24) is 4.98 Å². The Morgan fingerprint density at radius 1 is 1.00 bits per heavy atom. The lowest BCUT2D eigenvalue weighted by molar-refractivity contribution is 0.411. The van der Waals surface area contributed by atoms with Gasteiger partial charge >= 0.3 is 0 Å². The number of aromatic nitrogens is 1. The van der Waals surface area contributed by atoms with Gasteiger partial charge in [-0.2, -0.15) is 34.3 Å². The first-order valence-corrected chi connectivity index (χ1v) is 6.97. The van der Waals surface area contributed by atoms with Crippen molar-refractivity contribution in [2.24, 2.45) is 0 Å². The molecule has 0 aliphatic heterocycles. The van der Waals surface area contributed by atoms with Crippen LogP contribution in [0.2, 0.25) is 0 Å². The molecule has 0 spiro atoms. The van der Waals surface area contributed by atoms with Gasteiger partial charge in [-0.3, -0.25) is 0 Å². The minimum Gasteiger partial charge on any atom is -0.350 e. The number of hydrogen-bond acceptors (Lipinski definition) is 3. The van der Waals surface area contributed by atoms with E-state index in [0.29, 0.717) is 5.69 Å². The summed E-state index contributed by atoms with van der Waals surface area (Å²) in [5.41, 5.74) is 0.446. The average molecular weight is 302 g/mol. The van der Waals surface area contributed by atoms with Gasteiger partial charge in [-0.05, 0) is 24.0 Å². The van der Waals surface area contributed by atoms with Gasteiger partial charge in [0.15, 0.2) is 0 Å². The number of anilines is 2. The first-order chi connectivity index (χ1) is 9.52. The maximum absolute atomic E-state index is 13.4. The SMILES string of the molecule is CSCc1ccc(Nc2c(F)c(F)nc(F)c2F)cc1. The second kappa shape index (κ2) is 6.13. The highest BCUT2D eigenvalue weighted by Crippen LogP contribution is 2.26. The van der Waals surface area contributed by atoms with Gasteiger partial charge in [0.1, 0.15) is 5.69 Å². The molecule has 1 N–H and O–H groups in total. The summed E-state index contributed by atoms with van der Waals surface area (Å²) in [4.78, 5) is 2.49. The Bertz CT molecular complexity index is 591. The Morgan fingerprint density at radius 2 is 1.55 bits per heavy atom. The van der Waals surface area contributed by atoms with E-state index in [-0.39, 0.29) is 0 Å². The molecule has 2 nitrogen and oxygen atoms in total. The highest BCUT2D eigenvalue weighted by atomic mass is 32.2. The third kappa shape index (κ3) is 3.04. The number of thioether (sulfide) groups is 1. The number of nitrogens with zero attached hydrogens (tertiary/aromatic N) is 1. The third-order valence-corrected chi connectivity index (χ3v) is 3.15. The maximum Gasteiger partial charge on any atom is 0.253 e. The summed E-state index contributed by atoms with van der Waals surface area (Å²) in [5, 5.41) is 2.31. The summed E-state index contributed by atoms with van der Waals surface area (Å²) in [5.74, 6) is -5.70. The second-order valence-electron chi connectivity index (χ2n) is 3.95. The van der Waals surface area contributed by atoms with E-state index in [4.69, 9.17) is 0 Å². The lowest BCUT2D eigenvalue weighted by Gasteiger charge is -2.10. The zero-order valence-corrected chi connectivity index (χ0v) is 11.2. The molecule has 1 heterocycles. The van der Waals surface area contributed by atoms with Crippen LogP contribution in [0, 0.1) is 23.5 Å². The van der Waals surface area contributed by atoms with E-state index in [2.05, 4.69) is 10.3 Å². The number of rotatable bonds is 4. The fourth-order valence-corrected chi connectivity index (χ4v) is 2.12. The van der Waals surface area contributed by atoms with Crippen LogP contribution in [0.15, 0.2) is 24.3 Å². The fourth-order valence-electron chi connectivity index (χ4n) is 1.59. The highest BCUT2D eigenvalue weighted by Gasteiger charge is 2.20. The van der Waals surface area contributed by atoms with Crippen LogP contribution in [0.4, 0.5) is 28.9 Å². The van der Waals surface area contributed by atoms with Crippen molar-refractivity contribution in [3.8, 4) is 0 Å². The standard InChI is InChI=1S/C13H10F4N2S/c1-20-6-7-2-4-8(5-3-7)18-11-9(14)12(16)19-13(17)10(11)15/h2-5H,6H2,1H3,(H,18,19). The third-order valence-electron chi connectivity index (χ3n) is 2.53. The van der Waals surface area contributed by atoms with Crippen LogP contribution < -0.4 is 5.32 Å². The molecule has 1 aromatic carbocycles. The van der Waals surface area contributed by atoms with Crippen LogP contribution in [0.3, 0.4) is 0 Å². The van der Waals surface area contributed by atoms with Gasteiger partial charge in [0.2, 0.25) is 11.6 Å². The Balaban J connectivity index is 2.30. The van der Waals surface area contributed by atoms with Crippen LogP contribution in [0.25, 0.3) is 0 Å². The smallest absolute Gasteiger partial charge is 0.253 e. The number of hydrogen-bond donors (Lipinski definition) is 1. The van der Waals surface area contributed by atoms with Gasteiger partial charge < -0.3 is 5.32 Å². The van der Waals surface area contributed by atoms with Gasteiger partial charge in [-0.1, -0.05) is 12.1 Å². The maximum atomic E-state index is 13.4. The molecular weight excluding hydrogens is 292 g/mol. The van der Waals surface area contributed by atoms with Gasteiger partial charge in [-0.25, -0.2) is 0 Å². The molecular formula is C13H10F4N2S. The lowest BCUT2D eigenvalue weighted by Crippen LogP contribution is -2.06. The van der Waals surface area contributed by atoms with E-state index in [9.17, 15) is 17.6 Å². The molecule has 0 amide bonds. The van der Waals surface area contributed by atoms with Crippen molar-refractivity contribution < 1.29 is 17.6 Å². The molecule has 1 aromatic heterocycles. The Kier molecular flexibility index (Phi) is 4.49. The zero-order chi connectivity index (χ0) is 14.7. The van der Waals surface area contributed by atoms with Crippen LogP contribution >= 0.6 is 11.8 Å². The quantitative estimate of drug-likeness (QED) is 0.675. The number of halogens is 4. The minimum atomic E-state index is -1.69.